The van der Waals surface area contributed by atoms with Gasteiger partial charge in [0, 0.05) is 12.7 Å². The molecule has 5 nitrogen and oxygen atoms in total. The highest BCUT2D eigenvalue weighted by atomic mass is 35.5. The Morgan fingerprint density at radius 2 is 2.12 bits per heavy atom. The molecule has 5 N–H and O–H groups in total. The molecule has 96 valence electrons. The molecular weight excluding hydrogens is 242 g/mol. The minimum absolute atomic E-state index is 0.204. The summed E-state index contributed by atoms with van der Waals surface area (Å²) in [6.45, 7) is 1.77. The minimum Gasteiger partial charge on any atom is -0.394 e. The summed E-state index contributed by atoms with van der Waals surface area (Å²) in [7, 11) is 0. The van der Waals surface area contributed by atoms with Crippen molar-refractivity contribution in [1.82, 2.24) is 4.98 Å². The van der Waals surface area contributed by atoms with Crippen LogP contribution in [-0.4, -0.2) is 33.9 Å². The van der Waals surface area contributed by atoms with Crippen molar-refractivity contribution in [2.24, 2.45) is 5.73 Å². The second kappa shape index (κ2) is 6.16. The summed E-state index contributed by atoms with van der Waals surface area (Å²) in [6.07, 6.45) is 2.14. The molecule has 0 atom stereocenters. The van der Waals surface area contributed by atoms with Gasteiger partial charge < -0.3 is 21.3 Å². The number of anilines is 1. The van der Waals surface area contributed by atoms with E-state index in [1.165, 1.54) is 0 Å². The van der Waals surface area contributed by atoms with E-state index in [1.807, 2.05) is 6.92 Å². The number of nitrogens with two attached hydrogens (primary N) is 1. The largest absolute Gasteiger partial charge is 0.394 e. The third kappa shape index (κ3) is 3.07. The fraction of sp³-hybridized carbons (Fsp3) is 0.545. The van der Waals surface area contributed by atoms with Gasteiger partial charge in [0.25, 0.3) is 0 Å². The predicted molar refractivity (Wildman–Crippen MR) is 68.0 cm³/mol. The van der Waals surface area contributed by atoms with Crippen LogP contribution in [0.15, 0.2) is 12.3 Å². The van der Waals surface area contributed by atoms with Crippen LogP contribution >= 0.6 is 11.6 Å². The first-order chi connectivity index (χ1) is 8.12. The molecule has 1 rings (SSSR count). The van der Waals surface area contributed by atoms with Gasteiger partial charge in [-0.05, 0) is 18.1 Å². The molecule has 0 spiro atoms. The van der Waals surface area contributed by atoms with E-state index in [2.05, 4.69) is 10.3 Å². The van der Waals surface area contributed by atoms with Crippen LogP contribution < -0.4 is 11.1 Å². The van der Waals surface area contributed by atoms with Gasteiger partial charge in [0.1, 0.15) is 5.82 Å². The van der Waals surface area contributed by atoms with Gasteiger partial charge in [0.05, 0.1) is 23.8 Å². The number of hydrogen-bond acceptors (Lipinski definition) is 5. The predicted octanol–water partition coefficient (Wildman–Crippen LogP) is 0.739. The Hall–Kier alpha value is -0.880. The topological polar surface area (TPSA) is 91.4 Å². The Kier molecular flexibility index (Phi) is 5.14. The van der Waals surface area contributed by atoms with E-state index in [-0.39, 0.29) is 13.2 Å². The van der Waals surface area contributed by atoms with Crippen LogP contribution in [-0.2, 0) is 6.54 Å². The van der Waals surface area contributed by atoms with Gasteiger partial charge in [-0.25, -0.2) is 4.98 Å². The average Bonchev–Trinajstić information content (AvgIpc) is 2.38. The molecule has 1 heterocycles. The molecule has 0 fully saturated rings. The Morgan fingerprint density at radius 3 is 2.59 bits per heavy atom. The van der Waals surface area contributed by atoms with E-state index < -0.39 is 5.54 Å². The van der Waals surface area contributed by atoms with Gasteiger partial charge in [-0.1, -0.05) is 18.5 Å². The summed E-state index contributed by atoms with van der Waals surface area (Å²) in [6, 6.07) is 1.74. The molecule has 1 aromatic rings. The minimum atomic E-state index is -0.816. The number of hydrogen-bond donors (Lipinski definition) is 4. The number of aliphatic hydroxyl groups is 2. The van der Waals surface area contributed by atoms with Crippen molar-refractivity contribution in [1.29, 1.82) is 0 Å². The number of nitrogens with zero attached hydrogens (tertiary/aromatic N) is 1. The van der Waals surface area contributed by atoms with E-state index in [0.717, 1.165) is 5.56 Å². The van der Waals surface area contributed by atoms with E-state index in [9.17, 15) is 10.2 Å². The number of aliphatic hydroxyl groups excluding tert-OH is 2. The Labute approximate surface area is 106 Å². The van der Waals surface area contributed by atoms with Crippen molar-refractivity contribution in [3.63, 3.8) is 0 Å². The third-order valence-electron chi connectivity index (χ3n) is 2.85. The lowest BCUT2D eigenvalue weighted by Gasteiger charge is -2.30. The van der Waals surface area contributed by atoms with Crippen LogP contribution in [0.2, 0.25) is 5.02 Å². The first-order valence-electron chi connectivity index (χ1n) is 5.45. The molecule has 0 aliphatic carbocycles. The molecule has 0 unspecified atom stereocenters. The highest BCUT2D eigenvalue weighted by Gasteiger charge is 2.27. The standard InChI is InChI=1S/C11H18ClN3O2/c1-2-11(6-16,7-17)15-10-9(12)8(5-13)3-4-14-10/h3-4,16-17H,2,5-7,13H2,1H3,(H,14,15). The molecule has 17 heavy (non-hydrogen) atoms. The maximum absolute atomic E-state index is 9.34. The van der Waals surface area contributed by atoms with Crippen molar-refractivity contribution in [3.8, 4) is 0 Å². The van der Waals surface area contributed by atoms with Crippen LogP contribution in [0.1, 0.15) is 18.9 Å². The fourth-order valence-electron chi connectivity index (χ4n) is 1.42. The van der Waals surface area contributed by atoms with Crippen molar-refractivity contribution in [2.45, 2.75) is 25.4 Å². The zero-order valence-corrected chi connectivity index (χ0v) is 10.5. The second-order valence-electron chi connectivity index (χ2n) is 3.91. The van der Waals surface area contributed by atoms with Crippen LogP contribution in [0, 0.1) is 0 Å². The third-order valence-corrected chi connectivity index (χ3v) is 3.28. The van der Waals surface area contributed by atoms with E-state index >= 15 is 0 Å². The van der Waals surface area contributed by atoms with Gasteiger partial charge in [0.15, 0.2) is 0 Å². The fourth-order valence-corrected chi connectivity index (χ4v) is 1.66. The zero-order chi connectivity index (χ0) is 12.9. The molecule has 6 heteroatoms. The van der Waals surface area contributed by atoms with Crippen molar-refractivity contribution in [3.05, 3.63) is 22.8 Å². The Morgan fingerprint density at radius 1 is 1.47 bits per heavy atom. The lowest BCUT2D eigenvalue weighted by Crippen LogP contribution is -2.45. The van der Waals surface area contributed by atoms with Crippen molar-refractivity contribution < 1.29 is 10.2 Å². The SMILES string of the molecule is CCC(CO)(CO)Nc1nccc(CN)c1Cl. The number of halogens is 1. The zero-order valence-electron chi connectivity index (χ0n) is 9.78. The molecule has 0 aromatic carbocycles. The molecule has 0 amide bonds. The highest BCUT2D eigenvalue weighted by Crippen LogP contribution is 2.26. The molecule has 0 bridgehead atoms. The first-order valence-corrected chi connectivity index (χ1v) is 5.83. The van der Waals surface area contributed by atoms with E-state index in [0.29, 0.717) is 23.8 Å². The van der Waals surface area contributed by atoms with Gasteiger partial charge >= 0.3 is 0 Å². The van der Waals surface area contributed by atoms with Crippen molar-refractivity contribution >= 4 is 17.4 Å². The van der Waals surface area contributed by atoms with Crippen molar-refractivity contribution in [2.75, 3.05) is 18.5 Å². The molecule has 0 saturated carbocycles. The van der Waals surface area contributed by atoms with Gasteiger partial charge in [-0.2, -0.15) is 0 Å². The van der Waals surface area contributed by atoms with Gasteiger partial charge in [-0.15, -0.1) is 0 Å². The summed E-state index contributed by atoms with van der Waals surface area (Å²) in [5, 5.41) is 22.1. The van der Waals surface area contributed by atoms with Gasteiger partial charge in [0.2, 0.25) is 0 Å². The summed E-state index contributed by atoms with van der Waals surface area (Å²) in [4.78, 5) is 4.09. The smallest absolute Gasteiger partial charge is 0.145 e. The van der Waals surface area contributed by atoms with Crippen LogP contribution in [0.25, 0.3) is 0 Å². The van der Waals surface area contributed by atoms with E-state index in [1.54, 1.807) is 12.3 Å². The molecule has 0 aliphatic heterocycles. The maximum Gasteiger partial charge on any atom is 0.145 e. The maximum atomic E-state index is 9.34. The number of pyridine rings is 1. The van der Waals surface area contributed by atoms with Crippen LogP contribution in [0.3, 0.4) is 0 Å². The number of rotatable bonds is 6. The van der Waals surface area contributed by atoms with E-state index in [4.69, 9.17) is 17.3 Å². The summed E-state index contributed by atoms with van der Waals surface area (Å²) < 4.78 is 0. The highest BCUT2D eigenvalue weighted by molar-refractivity contribution is 6.33. The molecule has 1 aromatic heterocycles. The Bertz CT molecular complexity index is 361. The molecule has 0 saturated heterocycles. The first kappa shape index (κ1) is 14.2. The average molecular weight is 260 g/mol. The summed E-state index contributed by atoms with van der Waals surface area (Å²) in [5.74, 6) is 0.430. The molecular formula is C11H18ClN3O2. The van der Waals surface area contributed by atoms with Crippen LogP contribution in [0.4, 0.5) is 5.82 Å². The molecule has 0 aliphatic rings. The second-order valence-corrected chi connectivity index (χ2v) is 4.29. The summed E-state index contributed by atoms with van der Waals surface area (Å²) >= 11 is 6.12. The quantitative estimate of drug-likeness (QED) is 0.605. The molecule has 0 radical (unpaired) electrons. The van der Waals surface area contributed by atoms with Crippen LogP contribution in [0.5, 0.6) is 0 Å². The number of aromatic nitrogens is 1. The summed E-state index contributed by atoms with van der Waals surface area (Å²) in [5.41, 5.74) is 5.49. The normalized spacial score (nSPS) is 11.6. The van der Waals surface area contributed by atoms with Gasteiger partial charge in [-0.3, -0.25) is 0 Å². The number of nitrogens with one attached hydrogen (secondary N) is 1. The Balaban J connectivity index is 3.01. The monoisotopic (exact) mass is 259 g/mol. The lowest BCUT2D eigenvalue weighted by molar-refractivity contribution is 0.132. The lowest BCUT2D eigenvalue weighted by atomic mass is 9.98.